The molecule has 0 aliphatic rings. The van der Waals surface area contributed by atoms with E-state index >= 15 is 0 Å². The van der Waals surface area contributed by atoms with Crippen LogP contribution in [0.2, 0.25) is 0 Å². The van der Waals surface area contributed by atoms with E-state index in [1.54, 1.807) is 18.2 Å². The maximum Gasteiger partial charge on any atom is 0.244 e. The number of hydrogen-bond acceptors (Lipinski definition) is 5. The number of benzene rings is 2. The third-order valence-electron chi connectivity index (χ3n) is 4.67. The van der Waals surface area contributed by atoms with Crippen LogP contribution in [0.5, 0.6) is 5.75 Å². The number of aliphatic hydroxyl groups excluding tert-OH is 1. The number of amides is 1. The third kappa shape index (κ3) is 8.32. The van der Waals surface area contributed by atoms with Crippen LogP contribution >= 0.6 is 0 Å². The van der Waals surface area contributed by atoms with Crippen LogP contribution in [0.15, 0.2) is 59.5 Å². The first-order chi connectivity index (χ1) is 14.7. The Morgan fingerprint density at radius 1 is 1.00 bits per heavy atom. The lowest BCUT2D eigenvalue weighted by Crippen LogP contribution is -2.41. The van der Waals surface area contributed by atoms with Gasteiger partial charge in [-0.1, -0.05) is 63.2 Å². The fraction of sp³-hybridized carbons (Fsp3) is 0.435. The largest absolute Gasteiger partial charge is 0.487 e. The summed E-state index contributed by atoms with van der Waals surface area (Å²) in [4.78, 5) is 12.1. The van der Waals surface area contributed by atoms with Crippen molar-refractivity contribution in [3.05, 3.63) is 60.2 Å². The van der Waals surface area contributed by atoms with E-state index in [4.69, 9.17) is 4.74 Å². The minimum Gasteiger partial charge on any atom is -0.487 e. The number of carbonyl (C=O) groups excluding carboxylic acids is 1. The first-order valence-corrected chi connectivity index (χ1v) is 11.9. The maximum absolute atomic E-state index is 12.7. The fourth-order valence-corrected chi connectivity index (χ4v) is 4.31. The second-order valence-electron chi connectivity index (χ2n) is 8.00. The Morgan fingerprint density at radius 3 is 2.32 bits per heavy atom. The van der Waals surface area contributed by atoms with E-state index < -0.39 is 16.1 Å². The minimum absolute atomic E-state index is 0.00674. The molecule has 7 nitrogen and oxygen atoms in total. The third-order valence-corrected chi connectivity index (χ3v) is 6.13. The average Bonchev–Trinajstić information content (AvgIpc) is 2.75. The zero-order valence-corrected chi connectivity index (χ0v) is 19.1. The number of para-hydroxylation sites is 1. The van der Waals surface area contributed by atoms with Crippen molar-refractivity contribution >= 4 is 15.9 Å². The van der Waals surface area contributed by atoms with Gasteiger partial charge in [-0.05, 0) is 30.0 Å². The summed E-state index contributed by atoms with van der Waals surface area (Å²) in [6.07, 6.45) is -0.309. The van der Waals surface area contributed by atoms with Crippen LogP contribution in [-0.2, 0) is 21.4 Å². The highest BCUT2D eigenvalue weighted by molar-refractivity contribution is 7.89. The highest BCUT2D eigenvalue weighted by atomic mass is 32.2. The molecule has 0 heterocycles. The summed E-state index contributed by atoms with van der Waals surface area (Å²) in [5, 5.41) is 12.8. The maximum atomic E-state index is 12.7. The quantitative estimate of drug-likeness (QED) is 0.463. The number of ether oxygens (including phenoxy) is 1. The lowest BCUT2D eigenvalue weighted by atomic mass is 9.98. The van der Waals surface area contributed by atoms with Crippen molar-refractivity contribution in [1.82, 2.24) is 10.0 Å². The molecule has 1 unspecified atom stereocenters. The van der Waals surface area contributed by atoms with E-state index in [1.807, 2.05) is 51.1 Å². The summed E-state index contributed by atoms with van der Waals surface area (Å²) in [5.74, 6) is 0.290. The van der Waals surface area contributed by atoms with Gasteiger partial charge in [-0.3, -0.25) is 4.79 Å². The molecule has 1 amide bonds. The molecule has 0 radical (unpaired) electrons. The van der Waals surface area contributed by atoms with Crippen LogP contribution in [0.1, 0.15) is 32.8 Å². The standard InChI is InChI=1S/C23H32N2O5S/c1-17(2)13-18(3)23(27)24-14-20(26)15-25-31(28,29)22-12-8-7-11-21(22)30-16-19-9-5-4-6-10-19/h4-12,17-18,20,25-26H,13-16H2,1-3H3,(H,24,27)/t18-,20?/m0/s1. The van der Waals surface area contributed by atoms with Crippen LogP contribution in [0.4, 0.5) is 0 Å². The number of nitrogens with one attached hydrogen (secondary N) is 2. The van der Waals surface area contributed by atoms with Gasteiger partial charge in [-0.2, -0.15) is 0 Å². The monoisotopic (exact) mass is 448 g/mol. The minimum atomic E-state index is -3.91. The van der Waals surface area contributed by atoms with Crippen molar-refractivity contribution in [3.63, 3.8) is 0 Å². The van der Waals surface area contributed by atoms with E-state index in [2.05, 4.69) is 10.0 Å². The van der Waals surface area contributed by atoms with Gasteiger partial charge in [-0.15, -0.1) is 0 Å². The molecule has 2 aromatic carbocycles. The van der Waals surface area contributed by atoms with Gasteiger partial charge >= 0.3 is 0 Å². The summed E-state index contributed by atoms with van der Waals surface area (Å²) in [5.41, 5.74) is 0.917. The molecule has 0 spiro atoms. The molecular weight excluding hydrogens is 416 g/mol. The van der Waals surface area contributed by atoms with Crippen molar-refractivity contribution in [2.45, 2.75) is 44.8 Å². The van der Waals surface area contributed by atoms with E-state index in [0.29, 0.717) is 5.92 Å². The van der Waals surface area contributed by atoms with Crippen molar-refractivity contribution in [1.29, 1.82) is 0 Å². The first-order valence-electron chi connectivity index (χ1n) is 10.4. The predicted molar refractivity (Wildman–Crippen MR) is 120 cm³/mol. The average molecular weight is 449 g/mol. The SMILES string of the molecule is CC(C)C[C@H](C)C(=O)NCC(O)CNS(=O)(=O)c1ccccc1OCc1ccccc1. The Labute approximate surface area is 184 Å². The highest BCUT2D eigenvalue weighted by Gasteiger charge is 2.21. The van der Waals surface area contributed by atoms with Gasteiger partial charge in [0.05, 0.1) is 6.10 Å². The highest BCUT2D eigenvalue weighted by Crippen LogP contribution is 2.24. The van der Waals surface area contributed by atoms with Crippen LogP contribution in [0, 0.1) is 11.8 Å². The number of sulfonamides is 1. The molecule has 170 valence electrons. The van der Waals surface area contributed by atoms with Gasteiger partial charge in [0.1, 0.15) is 17.3 Å². The second kappa shape index (κ2) is 11.8. The van der Waals surface area contributed by atoms with Gasteiger partial charge in [0, 0.05) is 19.0 Å². The van der Waals surface area contributed by atoms with Gasteiger partial charge in [-0.25, -0.2) is 13.1 Å². The molecule has 0 bridgehead atoms. The molecule has 0 saturated heterocycles. The van der Waals surface area contributed by atoms with Crippen molar-refractivity contribution < 1.29 is 23.1 Å². The molecule has 2 rings (SSSR count). The molecular formula is C23H32N2O5S. The van der Waals surface area contributed by atoms with Crippen molar-refractivity contribution in [3.8, 4) is 5.75 Å². The second-order valence-corrected chi connectivity index (χ2v) is 9.74. The molecule has 2 atom stereocenters. The van der Waals surface area contributed by atoms with Crippen LogP contribution in [-0.4, -0.2) is 38.6 Å². The molecule has 0 fully saturated rings. The summed E-state index contributed by atoms with van der Waals surface area (Å²) in [6, 6.07) is 15.8. The first kappa shape index (κ1) is 24.8. The van der Waals surface area contributed by atoms with Gasteiger partial charge in [0.15, 0.2) is 0 Å². The van der Waals surface area contributed by atoms with E-state index in [0.717, 1.165) is 12.0 Å². The Balaban J connectivity index is 1.91. The molecule has 31 heavy (non-hydrogen) atoms. The number of rotatable bonds is 12. The molecule has 0 saturated carbocycles. The van der Waals surface area contributed by atoms with Crippen molar-refractivity contribution in [2.24, 2.45) is 11.8 Å². The lowest BCUT2D eigenvalue weighted by Gasteiger charge is -2.17. The van der Waals surface area contributed by atoms with Gasteiger partial charge in [0.25, 0.3) is 0 Å². The van der Waals surface area contributed by atoms with Gasteiger partial charge in [0.2, 0.25) is 15.9 Å². The molecule has 0 aliphatic carbocycles. The number of carbonyl (C=O) groups is 1. The zero-order valence-electron chi connectivity index (χ0n) is 18.2. The lowest BCUT2D eigenvalue weighted by molar-refractivity contribution is -0.125. The smallest absolute Gasteiger partial charge is 0.244 e. The van der Waals surface area contributed by atoms with Crippen LogP contribution < -0.4 is 14.8 Å². The van der Waals surface area contributed by atoms with E-state index in [9.17, 15) is 18.3 Å². The summed E-state index contributed by atoms with van der Waals surface area (Å²) >= 11 is 0. The summed E-state index contributed by atoms with van der Waals surface area (Å²) in [6.45, 7) is 5.88. The topological polar surface area (TPSA) is 105 Å². The zero-order chi connectivity index (χ0) is 22.9. The molecule has 3 N–H and O–H groups in total. The Bertz CT molecular complexity index is 932. The Kier molecular flexibility index (Phi) is 9.48. The molecule has 0 aromatic heterocycles. The van der Waals surface area contributed by atoms with E-state index in [1.165, 1.54) is 6.07 Å². The Hall–Kier alpha value is -2.42. The molecule has 0 aliphatic heterocycles. The number of hydrogen-bond donors (Lipinski definition) is 3. The van der Waals surface area contributed by atoms with Gasteiger partial charge < -0.3 is 15.2 Å². The fourth-order valence-electron chi connectivity index (χ4n) is 3.09. The number of aliphatic hydroxyl groups is 1. The van der Waals surface area contributed by atoms with Crippen molar-refractivity contribution in [2.75, 3.05) is 13.1 Å². The summed E-state index contributed by atoms with van der Waals surface area (Å²) < 4.78 is 33.6. The molecule has 2 aromatic rings. The van der Waals surface area contributed by atoms with E-state index in [-0.39, 0.29) is 42.2 Å². The van der Waals surface area contributed by atoms with Crippen LogP contribution in [0.3, 0.4) is 0 Å². The Morgan fingerprint density at radius 2 is 1.65 bits per heavy atom. The predicted octanol–water partition coefficient (Wildman–Crippen LogP) is 2.70. The normalized spacial score (nSPS) is 13.6. The summed E-state index contributed by atoms with van der Waals surface area (Å²) in [7, 11) is -3.91. The van der Waals surface area contributed by atoms with Crippen LogP contribution in [0.25, 0.3) is 0 Å². The molecule has 8 heteroatoms.